The Bertz CT molecular complexity index is 421. The van der Waals surface area contributed by atoms with E-state index in [9.17, 15) is 0 Å². The number of hydrogen-bond acceptors (Lipinski definition) is 7. The molecule has 0 aliphatic carbocycles. The van der Waals surface area contributed by atoms with Crippen molar-refractivity contribution in [2.45, 2.75) is 12.8 Å². The Morgan fingerprint density at radius 1 is 0.607 bits per heavy atom. The molecule has 0 bridgehead atoms. The van der Waals surface area contributed by atoms with E-state index < -0.39 is 0 Å². The minimum Gasteiger partial charge on any atom is -0.379 e. The number of ether oxygens (including phenoxy) is 6. The van der Waals surface area contributed by atoms with Gasteiger partial charge in [0.25, 0.3) is 0 Å². The molecule has 28 heavy (non-hydrogen) atoms. The van der Waals surface area contributed by atoms with E-state index in [4.69, 9.17) is 34.2 Å². The Morgan fingerprint density at radius 2 is 1.07 bits per heavy atom. The standard InChI is InChI=1S/C21H36NO6/c22-8-10-24-12-14-26-16-18-28-20-19-27-17-15-25-13-11-23-9-4-7-21-5-2-1-3-6-21/h1-3,5H,4,7-20,22H2. The van der Waals surface area contributed by atoms with Gasteiger partial charge in [0.1, 0.15) is 0 Å². The first kappa shape index (κ1) is 25.0. The first-order valence-electron chi connectivity index (χ1n) is 10.1. The van der Waals surface area contributed by atoms with E-state index in [0.717, 1.165) is 19.4 Å². The van der Waals surface area contributed by atoms with Gasteiger partial charge in [-0.3, -0.25) is 0 Å². The summed E-state index contributed by atoms with van der Waals surface area (Å²) >= 11 is 0. The van der Waals surface area contributed by atoms with Gasteiger partial charge in [-0.05, 0) is 24.5 Å². The van der Waals surface area contributed by atoms with Gasteiger partial charge in [0.05, 0.1) is 72.7 Å². The van der Waals surface area contributed by atoms with Gasteiger partial charge in [-0.1, -0.05) is 24.3 Å². The molecule has 1 aromatic rings. The van der Waals surface area contributed by atoms with Crippen LogP contribution >= 0.6 is 0 Å². The van der Waals surface area contributed by atoms with E-state index in [2.05, 4.69) is 12.1 Å². The highest BCUT2D eigenvalue weighted by molar-refractivity contribution is 5.12. The summed E-state index contributed by atoms with van der Waals surface area (Å²) in [5, 5.41) is 0. The molecule has 7 nitrogen and oxygen atoms in total. The minimum atomic E-state index is 0.538. The van der Waals surface area contributed by atoms with E-state index in [0.29, 0.717) is 79.2 Å². The molecule has 0 saturated carbocycles. The largest absolute Gasteiger partial charge is 0.379 e. The van der Waals surface area contributed by atoms with Gasteiger partial charge in [0.15, 0.2) is 0 Å². The lowest BCUT2D eigenvalue weighted by Crippen LogP contribution is -2.15. The number of nitrogens with two attached hydrogens (primary N) is 1. The zero-order valence-corrected chi connectivity index (χ0v) is 16.9. The van der Waals surface area contributed by atoms with Crippen LogP contribution in [-0.2, 0) is 34.8 Å². The predicted octanol–water partition coefficient (Wildman–Crippen LogP) is 1.48. The fourth-order valence-corrected chi connectivity index (χ4v) is 2.24. The summed E-state index contributed by atoms with van der Waals surface area (Å²) in [5.41, 5.74) is 6.54. The highest BCUT2D eigenvalue weighted by atomic mass is 16.6. The quantitative estimate of drug-likeness (QED) is 0.314. The van der Waals surface area contributed by atoms with Crippen LogP contribution in [0.25, 0.3) is 0 Å². The van der Waals surface area contributed by atoms with Crippen LogP contribution in [0.4, 0.5) is 0 Å². The number of rotatable bonds is 21. The number of benzene rings is 1. The first-order chi connectivity index (χ1) is 13.9. The molecule has 7 heteroatoms. The van der Waals surface area contributed by atoms with Crippen molar-refractivity contribution in [2.75, 3.05) is 85.8 Å². The van der Waals surface area contributed by atoms with Gasteiger partial charge in [0, 0.05) is 13.2 Å². The second-order valence-corrected chi connectivity index (χ2v) is 5.95. The lowest BCUT2D eigenvalue weighted by atomic mass is 10.1. The fraction of sp³-hybridized carbons (Fsp3) is 0.714. The van der Waals surface area contributed by atoms with Gasteiger partial charge >= 0.3 is 0 Å². The first-order valence-corrected chi connectivity index (χ1v) is 10.1. The molecule has 0 aliphatic heterocycles. The summed E-state index contributed by atoms with van der Waals surface area (Å²) < 4.78 is 32.4. The average molecular weight is 399 g/mol. The fourth-order valence-electron chi connectivity index (χ4n) is 2.24. The maximum atomic E-state index is 5.55. The second kappa shape index (κ2) is 20.7. The van der Waals surface area contributed by atoms with Crippen LogP contribution in [0.2, 0.25) is 0 Å². The lowest BCUT2D eigenvalue weighted by molar-refractivity contribution is -0.0164. The lowest BCUT2D eigenvalue weighted by Gasteiger charge is -2.08. The van der Waals surface area contributed by atoms with Crippen molar-refractivity contribution in [3.63, 3.8) is 0 Å². The Balaban J connectivity index is 1.67. The summed E-state index contributed by atoms with van der Waals surface area (Å²) in [6.45, 7) is 7.51. The molecule has 161 valence electrons. The Labute approximate surface area is 169 Å². The maximum Gasteiger partial charge on any atom is 0.0701 e. The van der Waals surface area contributed by atoms with E-state index in [1.54, 1.807) is 0 Å². The highest BCUT2D eigenvalue weighted by Gasteiger charge is 1.95. The maximum absolute atomic E-state index is 5.55. The van der Waals surface area contributed by atoms with Gasteiger partial charge in [-0.25, -0.2) is 0 Å². The molecule has 0 atom stereocenters. The van der Waals surface area contributed by atoms with Crippen molar-refractivity contribution >= 4 is 0 Å². The van der Waals surface area contributed by atoms with E-state index >= 15 is 0 Å². The molecule has 0 aliphatic rings. The molecule has 1 rings (SSSR count). The van der Waals surface area contributed by atoms with Crippen molar-refractivity contribution in [1.29, 1.82) is 0 Å². The zero-order chi connectivity index (χ0) is 20.0. The molecule has 1 aromatic carbocycles. The molecule has 0 amide bonds. The third-order valence-corrected chi connectivity index (χ3v) is 3.63. The van der Waals surface area contributed by atoms with E-state index in [-0.39, 0.29) is 0 Å². The van der Waals surface area contributed by atoms with E-state index in [1.165, 1.54) is 5.56 Å². The summed E-state index contributed by atoms with van der Waals surface area (Å²) in [6.07, 6.45) is 1.99. The van der Waals surface area contributed by atoms with Crippen molar-refractivity contribution in [3.05, 3.63) is 35.9 Å². The molecule has 0 aromatic heterocycles. The van der Waals surface area contributed by atoms with Gasteiger partial charge in [-0.2, -0.15) is 0 Å². The zero-order valence-electron chi connectivity index (χ0n) is 16.9. The molecular formula is C21H36NO6. The van der Waals surface area contributed by atoms with Crippen LogP contribution in [0, 0.1) is 6.07 Å². The van der Waals surface area contributed by atoms with Crippen molar-refractivity contribution in [1.82, 2.24) is 0 Å². The SMILES string of the molecule is NCCOCCOCCOCCOCCOCCOCCCc1[c]cccc1. The third-order valence-electron chi connectivity index (χ3n) is 3.63. The van der Waals surface area contributed by atoms with Crippen LogP contribution in [0.1, 0.15) is 12.0 Å². The van der Waals surface area contributed by atoms with Crippen LogP contribution in [0.15, 0.2) is 24.3 Å². The van der Waals surface area contributed by atoms with Crippen molar-refractivity contribution < 1.29 is 28.4 Å². The molecule has 0 heterocycles. The van der Waals surface area contributed by atoms with Crippen LogP contribution in [0.5, 0.6) is 0 Å². The van der Waals surface area contributed by atoms with Crippen molar-refractivity contribution in [3.8, 4) is 0 Å². The smallest absolute Gasteiger partial charge is 0.0701 e. The van der Waals surface area contributed by atoms with E-state index in [1.807, 2.05) is 18.2 Å². The van der Waals surface area contributed by atoms with Gasteiger partial charge in [0.2, 0.25) is 0 Å². The molecule has 1 radical (unpaired) electrons. The molecule has 0 unspecified atom stereocenters. The molecule has 0 saturated heterocycles. The Kier molecular flexibility index (Phi) is 18.4. The normalized spacial score (nSPS) is 11.2. The topological polar surface area (TPSA) is 81.4 Å². The monoisotopic (exact) mass is 398 g/mol. The summed E-state index contributed by atoms with van der Waals surface area (Å²) in [7, 11) is 0. The summed E-state index contributed by atoms with van der Waals surface area (Å²) in [4.78, 5) is 0. The van der Waals surface area contributed by atoms with Crippen LogP contribution in [0.3, 0.4) is 0 Å². The van der Waals surface area contributed by atoms with Crippen molar-refractivity contribution in [2.24, 2.45) is 5.73 Å². The van der Waals surface area contributed by atoms with Gasteiger partial charge in [-0.15, -0.1) is 0 Å². The predicted molar refractivity (Wildman–Crippen MR) is 108 cm³/mol. The minimum absolute atomic E-state index is 0.538. The molecule has 2 N–H and O–H groups in total. The van der Waals surface area contributed by atoms with Crippen LogP contribution < -0.4 is 5.73 Å². The second-order valence-electron chi connectivity index (χ2n) is 5.95. The van der Waals surface area contributed by atoms with Crippen LogP contribution in [-0.4, -0.2) is 85.8 Å². The Morgan fingerprint density at radius 3 is 1.50 bits per heavy atom. The summed E-state index contributed by atoms with van der Waals surface area (Å²) in [5.74, 6) is 0. The Hall–Kier alpha value is -1.06. The third kappa shape index (κ3) is 17.1. The van der Waals surface area contributed by atoms with Gasteiger partial charge < -0.3 is 34.2 Å². The molecular weight excluding hydrogens is 362 g/mol. The highest BCUT2D eigenvalue weighted by Crippen LogP contribution is 2.01. The average Bonchev–Trinajstić information content (AvgIpc) is 2.73. The molecule has 0 spiro atoms. The number of aryl methyl sites for hydroxylation is 1. The number of hydrogen-bond donors (Lipinski definition) is 1. The summed E-state index contributed by atoms with van der Waals surface area (Å²) in [6, 6.07) is 11.3. The molecule has 0 fully saturated rings.